The van der Waals surface area contributed by atoms with Gasteiger partial charge >= 0.3 is 5.97 Å². The highest BCUT2D eigenvalue weighted by Gasteiger charge is 2.30. The Balaban J connectivity index is 2.05. The van der Waals surface area contributed by atoms with Crippen molar-refractivity contribution >= 4 is 17.6 Å². The highest BCUT2D eigenvalue weighted by atomic mass is 35.5. The second-order valence-electron chi connectivity index (χ2n) is 4.12. The lowest BCUT2D eigenvalue weighted by molar-refractivity contribution is -0.138. The Kier molecular flexibility index (Phi) is 3.46. The lowest BCUT2D eigenvalue weighted by Crippen LogP contribution is -2.31. The summed E-state index contributed by atoms with van der Waals surface area (Å²) in [5.74, 6) is -0.779. The average Bonchev–Trinajstić information content (AvgIpc) is 3.03. The Morgan fingerprint density at radius 2 is 2.12 bits per heavy atom. The molecule has 0 aromatic heterocycles. The lowest BCUT2D eigenvalue weighted by atomic mass is 10.2. The Hall–Kier alpha value is -1.06. The first-order valence-corrected chi connectivity index (χ1v) is 5.74. The van der Waals surface area contributed by atoms with Gasteiger partial charge in [-0.15, -0.1) is 0 Å². The molecule has 0 spiro atoms. The second kappa shape index (κ2) is 4.85. The fourth-order valence-electron chi connectivity index (χ4n) is 1.77. The van der Waals surface area contributed by atoms with Crippen molar-refractivity contribution in [2.75, 3.05) is 6.54 Å². The smallest absolute Gasteiger partial charge is 0.317 e. The van der Waals surface area contributed by atoms with Crippen LogP contribution in [0.3, 0.4) is 0 Å². The zero-order chi connectivity index (χ0) is 11.5. The summed E-state index contributed by atoms with van der Waals surface area (Å²) in [6, 6.07) is 8.01. The first-order chi connectivity index (χ1) is 7.66. The largest absolute Gasteiger partial charge is 0.480 e. The minimum absolute atomic E-state index is 0.0931. The topological polar surface area (TPSA) is 40.5 Å². The third kappa shape index (κ3) is 2.97. The summed E-state index contributed by atoms with van der Waals surface area (Å²) >= 11 is 6.06. The Morgan fingerprint density at radius 1 is 1.44 bits per heavy atom. The molecule has 0 atom stereocenters. The molecule has 1 fully saturated rings. The molecule has 0 amide bonds. The fourth-order valence-corrected chi connectivity index (χ4v) is 1.97. The van der Waals surface area contributed by atoms with Crippen molar-refractivity contribution in [3.05, 3.63) is 34.9 Å². The molecule has 1 saturated carbocycles. The molecule has 3 nitrogen and oxygen atoms in total. The number of hydrogen-bond donors (Lipinski definition) is 1. The predicted octanol–water partition coefficient (Wildman–Crippen LogP) is 2.39. The van der Waals surface area contributed by atoms with E-state index in [2.05, 4.69) is 0 Å². The number of carboxylic acid groups (broad SMARTS) is 1. The van der Waals surface area contributed by atoms with Gasteiger partial charge in [-0.1, -0.05) is 29.8 Å². The Bertz CT molecular complexity index is 390. The van der Waals surface area contributed by atoms with Gasteiger partial charge in [-0.25, -0.2) is 0 Å². The molecule has 0 heterocycles. The van der Waals surface area contributed by atoms with Crippen molar-refractivity contribution in [2.24, 2.45) is 0 Å². The van der Waals surface area contributed by atoms with Gasteiger partial charge in [-0.05, 0) is 24.5 Å². The molecule has 0 radical (unpaired) electrons. The molecule has 1 aliphatic carbocycles. The van der Waals surface area contributed by atoms with Crippen molar-refractivity contribution < 1.29 is 9.90 Å². The third-order valence-corrected chi connectivity index (χ3v) is 3.10. The molecule has 1 N–H and O–H groups in total. The molecule has 1 aromatic rings. The van der Waals surface area contributed by atoms with Gasteiger partial charge in [0.05, 0.1) is 6.54 Å². The normalized spacial score (nSPS) is 15.4. The van der Waals surface area contributed by atoms with Gasteiger partial charge in [-0.3, -0.25) is 9.69 Å². The number of benzene rings is 1. The molecule has 86 valence electrons. The molecule has 0 saturated heterocycles. The quantitative estimate of drug-likeness (QED) is 0.858. The van der Waals surface area contributed by atoms with Crippen molar-refractivity contribution in [3.63, 3.8) is 0 Å². The van der Waals surface area contributed by atoms with Gasteiger partial charge in [0.25, 0.3) is 0 Å². The highest BCUT2D eigenvalue weighted by molar-refractivity contribution is 6.31. The molecular formula is C12H14ClNO2. The van der Waals surface area contributed by atoms with Gasteiger partial charge in [0.2, 0.25) is 0 Å². The standard InChI is InChI=1S/C12H14ClNO2/c13-11-4-2-1-3-9(11)7-14(8-12(15)16)10-5-6-10/h1-4,10H,5-8H2,(H,15,16). The van der Waals surface area contributed by atoms with E-state index < -0.39 is 5.97 Å². The van der Waals surface area contributed by atoms with Crippen LogP contribution in [0.5, 0.6) is 0 Å². The third-order valence-electron chi connectivity index (χ3n) is 2.73. The Morgan fingerprint density at radius 3 is 2.69 bits per heavy atom. The summed E-state index contributed by atoms with van der Waals surface area (Å²) in [5.41, 5.74) is 0.998. The van der Waals surface area contributed by atoms with Crippen LogP contribution in [0.4, 0.5) is 0 Å². The zero-order valence-electron chi connectivity index (χ0n) is 8.90. The molecule has 16 heavy (non-hydrogen) atoms. The van der Waals surface area contributed by atoms with E-state index in [1.54, 1.807) is 0 Å². The number of carboxylic acids is 1. The van der Waals surface area contributed by atoms with Crippen LogP contribution >= 0.6 is 11.6 Å². The van der Waals surface area contributed by atoms with E-state index in [1.807, 2.05) is 29.2 Å². The SMILES string of the molecule is O=C(O)CN(Cc1ccccc1Cl)C1CC1. The van der Waals surface area contributed by atoms with Crippen molar-refractivity contribution in [1.29, 1.82) is 0 Å². The van der Waals surface area contributed by atoms with E-state index in [-0.39, 0.29) is 6.54 Å². The van der Waals surface area contributed by atoms with E-state index in [0.29, 0.717) is 17.6 Å². The molecule has 4 heteroatoms. The zero-order valence-corrected chi connectivity index (χ0v) is 9.65. The van der Waals surface area contributed by atoms with E-state index in [9.17, 15) is 4.79 Å². The fraction of sp³-hybridized carbons (Fsp3) is 0.417. The predicted molar refractivity (Wildman–Crippen MR) is 62.5 cm³/mol. The second-order valence-corrected chi connectivity index (χ2v) is 4.53. The van der Waals surface area contributed by atoms with Crippen molar-refractivity contribution in [1.82, 2.24) is 4.90 Å². The van der Waals surface area contributed by atoms with Crippen LogP contribution in [0.25, 0.3) is 0 Å². The van der Waals surface area contributed by atoms with Gasteiger partial charge in [0, 0.05) is 17.6 Å². The summed E-state index contributed by atoms with van der Waals surface area (Å²) in [6.07, 6.45) is 2.19. The molecular weight excluding hydrogens is 226 g/mol. The van der Waals surface area contributed by atoms with Crippen LogP contribution in [0.15, 0.2) is 24.3 Å². The number of nitrogens with zero attached hydrogens (tertiary/aromatic N) is 1. The van der Waals surface area contributed by atoms with Gasteiger partial charge in [-0.2, -0.15) is 0 Å². The van der Waals surface area contributed by atoms with E-state index in [0.717, 1.165) is 18.4 Å². The maximum absolute atomic E-state index is 10.7. The summed E-state index contributed by atoms with van der Waals surface area (Å²) < 4.78 is 0. The highest BCUT2D eigenvalue weighted by Crippen LogP contribution is 2.29. The van der Waals surface area contributed by atoms with Gasteiger partial charge < -0.3 is 5.11 Å². The lowest BCUT2D eigenvalue weighted by Gasteiger charge is -2.20. The van der Waals surface area contributed by atoms with Gasteiger partial charge in [0.1, 0.15) is 0 Å². The van der Waals surface area contributed by atoms with Crippen molar-refractivity contribution in [2.45, 2.75) is 25.4 Å². The summed E-state index contributed by atoms with van der Waals surface area (Å²) in [6.45, 7) is 0.715. The molecule has 0 aliphatic heterocycles. The van der Waals surface area contributed by atoms with E-state index >= 15 is 0 Å². The van der Waals surface area contributed by atoms with Crippen molar-refractivity contribution in [3.8, 4) is 0 Å². The molecule has 1 aliphatic rings. The minimum Gasteiger partial charge on any atom is -0.480 e. The van der Waals surface area contributed by atoms with Gasteiger partial charge in [0.15, 0.2) is 0 Å². The maximum atomic E-state index is 10.7. The van der Waals surface area contributed by atoms with Crippen LogP contribution < -0.4 is 0 Å². The average molecular weight is 240 g/mol. The first-order valence-electron chi connectivity index (χ1n) is 5.36. The maximum Gasteiger partial charge on any atom is 0.317 e. The van der Waals surface area contributed by atoms with Crippen LogP contribution in [0, 0.1) is 0 Å². The number of aliphatic carboxylic acids is 1. The Labute approximate surface area is 99.6 Å². The van der Waals surface area contributed by atoms with Crippen LogP contribution in [0.1, 0.15) is 18.4 Å². The van der Waals surface area contributed by atoms with Crippen LogP contribution in [-0.4, -0.2) is 28.6 Å². The van der Waals surface area contributed by atoms with Crippen LogP contribution in [0.2, 0.25) is 5.02 Å². The number of halogens is 1. The first kappa shape index (κ1) is 11.4. The van der Waals surface area contributed by atoms with E-state index in [4.69, 9.17) is 16.7 Å². The summed E-state index contributed by atoms with van der Waals surface area (Å²) in [7, 11) is 0. The number of hydrogen-bond acceptors (Lipinski definition) is 2. The molecule has 0 bridgehead atoms. The number of carbonyl (C=O) groups is 1. The molecule has 2 rings (SSSR count). The molecule has 1 aromatic carbocycles. The monoisotopic (exact) mass is 239 g/mol. The minimum atomic E-state index is -0.779. The number of rotatable bonds is 5. The molecule has 0 unspecified atom stereocenters. The summed E-state index contributed by atoms with van der Waals surface area (Å²) in [5, 5.41) is 9.54. The van der Waals surface area contributed by atoms with Crippen LogP contribution in [-0.2, 0) is 11.3 Å². The summed E-state index contributed by atoms with van der Waals surface area (Å²) in [4.78, 5) is 12.7. The van der Waals surface area contributed by atoms with E-state index in [1.165, 1.54) is 0 Å².